The number of aromatic nitrogens is 2. The van der Waals surface area contributed by atoms with Gasteiger partial charge in [-0.3, -0.25) is 14.9 Å². The third-order valence-electron chi connectivity index (χ3n) is 3.68. The summed E-state index contributed by atoms with van der Waals surface area (Å²) >= 11 is 0. The van der Waals surface area contributed by atoms with E-state index in [1.54, 1.807) is 12.4 Å². The molecule has 3 rings (SSSR count). The molecular formula is C14H18N4. The molecule has 0 saturated carbocycles. The van der Waals surface area contributed by atoms with Gasteiger partial charge < -0.3 is 5.32 Å². The van der Waals surface area contributed by atoms with Crippen molar-refractivity contribution in [3.63, 3.8) is 0 Å². The van der Waals surface area contributed by atoms with E-state index in [9.17, 15) is 0 Å². The summed E-state index contributed by atoms with van der Waals surface area (Å²) in [6.45, 7) is 6.65. The molecule has 4 nitrogen and oxygen atoms in total. The van der Waals surface area contributed by atoms with Crippen LogP contribution in [0, 0.1) is 0 Å². The third kappa shape index (κ3) is 2.21. The van der Waals surface area contributed by atoms with Crippen LogP contribution < -0.4 is 5.32 Å². The Labute approximate surface area is 107 Å². The predicted octanol–water partition coefficient (Wildman–Crippen LogP) is 1.60. The number of hydrogen-bond donors (Lipinski definition) is 1. The van der Waals surface area contributed by atoms with Crippen molar-refractivity contribution in [1.82, 2.24) is 20.2 Å². The largest absolute Gasteiger partial charge is 0.314 e. The molecule has 1 unspecified atom stereocenters. The van der Waals surface area contributed by atoms with Crippen molar-refractivity contribution < 1.29 is 0 Å². The Bertz CT molecular complexity index is 534. The second-order valence-electron chi connectivity index (χ2n) is 4.77. The highest BCUT2D eigenvalue weighted by Gasteiger charge is 2.18. The van der Waals surface area contributed by atoms with Crippen LogP contribution in [-0.2, 0) is 0 Å². The van der Waals surface area contributed by atoms with E-state index in [-0.39, 0.29) is 0 Å². The summed E-state index contributed by atoms with van der Waals surface area (Å²) in [4.78, 5) is 11.2. The van der Waals surface area contributed by atoms with Crippen molar-refractivity contribution in [2.45, 2.75) is 13.0 Å². The highest BCUT2D eigenvalue weighted by Crippen LogP contribution is 2.22. The van der Waals surface area contributed by atoms with Crippen molar-refractivity contribution in [3.05, 3.63) is 36.2 Å². The summed E-state index contributed by atoms with van der Waals surface area (Å²) in [5.74, 6) is 0. The lowest BCUT2D eigenvalue weighted by Gasteiger charge is -2.33. The van der Waals surface area contributed by atoms with Gasteiger partial charge in [0, 0.05) is 44.6 Å². The third-order valence-corrected chi connectivity index (χ3v) is 3.68. The predicted molar refractivity (Wildman–Crippen MR) is 72.4 cm³/mol. The van der Waals surface area contributed by atoms with Crippen LogP contribution in [0.15, 0.2) is 30.6 Å². The van der Waals surface area contributed by atoms with Crippen LogP contribution >= 0.6 is 0 Å². The number of piperazine rings is 1. The zero-order chi connectivity index (χ0) is 12.4. The zero-order valence-corrected chi connectivity index (χ0v) is 10.6. The highest BCUT2D eigenvalue weighted by molar-refractivity contribution is 5.74. The Morgan fingerprint density at radius 2 is 1.83 bits per heavy atom. The molecule has 1 aliphatic heterocycles. The van der Waals surface area contributed by atoms with Crippen LogP contribution in [0.2, 0.25) is 0 Å². The Morgan fingerprint density at radius 1 is 1.11 bits per heavy atom. The molecule has 1 aliphatic rings. The summed E-state index contributed by atoms with van der Waals surface area (Å²) in [5.41, 5.74) is 3.27. The lowest BCUT2D eigenvalue weighted by atomic mass is 10.1. The van der Waals surface area contributed by atoms with E-state index in [1.165, 1.54) is 5.56 Å². The molecule has 1 aromatic heterocycles. The van der Waals surface area contributed by atoms with Gasteiger partial charge in [-0.05, 0) is 24.6 Å². The standard InChI is InChI=1S/C14H18N4/c1-11(18-8-6-15-7-9-18)12-2-3-13-14(10-12)17-5-4-16-13/h2-5,10-11,15H,6-9H2,1H3. The van der Waals surface area contributed by atoms with Crippen LogP contribution in [0.1, 0.15) is 18.5 Å². The van der Waals surface area contributed by atoms with Gasteiger partial charge in [-0.15, -0.1) is 0 Å². The molecule has 4 heteroatoms. The van der Waals surface area contributed by atoms with E-state index in [4.69, 9.17) is 0 Å². The van der Waals surface area contributed by atoms with Crippen molar-refractivity contribution >= 4 is 11.0 Å². The Morgan fingerprint density at radius 3 is 2.61 bits per heavy atom. The van der Waals surface area contributed by atoms with Gasteiger partial charge in [0.05, 0.1) is 11.0 Å². The summed E-state index contributed by atoms with van der Waals surface area (Å²) in [7, 11) is 0. The molecule has 18 heavy (non-hydrogen) atoms. The van der Waals surface area contributed by atoms with Gasteiger partial charge in [-0.25, -0.2) is 0 Å². The fraction of sp³-hybridized carbons (Fsp3) is 0.429. The van der Waals surface area contributed by atoms with Gasteiger partial charge in [0.2, 0.25) is 0 Å². The van der Waals surface area contributed by atoms with Crippen LogP contribution in [-0.4, -0.2) is 41.0 Å². The SMILES string of the molecule is CC(c1ccc2nccnc2c1)N1CCNCC1. The second kappa shape index (κ2) is 5.00. The van der Waals surface area contributed by atoms with Crippen LogP contribution in [0.3, 0.4) is 0 Å². The number of nitrogens with one attached hydrogen (secondary N) is 1. The maximum absolute atomic E-state index is 4.38. The zero-order valence-electron chi connectivity index (χ0n) is 10.6. The van der Waals surface area contributed by atoms with Gasteiger partial charge in [0.1, 0.15) is 0 Å². The maximum Gasteiger partial charge on any atom is 0.0890 e. The first kappa shape index (κ1) is 11.6. The molecule has 0 amide bonds. The fourth-order valence-electron chi connectivity index (χ4n) is 2.52. The van der Waals surface area contributed by atoms with Gasteiger partial charge in [0.15, 0.2) is 0 Å². The smallest absolute Gasteiger partial charge is 0.0890 e. The molecule has 1 N–H and O–H groups in total. The van der Waals surface area contributed by atoms with E-state index < -0.39 is 0 Å². The first-order valence-electron chi connectivity index (χ1n) is 6.50. The minimum absolute atomic E-state index is 0.443. The molecule has 0 spiro atoms. The first-order valence-corrected chi connectivity index (χ1v) is 6.50. The van der Waals surface area contributed by atoms with E-state index in [0.29, 0.717) is 6.04 Å². The van der Waals surface area contributed by atoms with Crippen LogP contribution in [0.4, 0.5) is 0 Å². The van der Waals surface area contributed by atoms with Crippen LogP contribution in [0.25, 0.3) is 11.0 Å². The molecule has 1 fully saturated rings. The normalized spacial score (nSPS) is 18.9. The van der Waals surface area contributed by atoms with Crippen molar-refractivity contribution in [1.29, 1.82) is 0 Å². The average molecular weight is 242 g/mol. The Kier molecular flexibility index (Phi) is 3.21. The number of fused-ring (bicyclic) bond motifs is 1. The molecule has 0 bridgehead atoms. The van der Waals surface area contributed by atoms with Gasteiger partial charge in [-0.1, -0.05) is 6.07 Å². The fourth-order valence-corrected chi connectivity index (χ4v) is 2.52. The highest BCUT2D eigenvalue weighted by atomic mass is 15.2. The monoisotopic (exact) mass is 242 g/mol. The number of rotatable bonds is 2. The number of nitrogens with zero attached hydrogens (tertiary/aromatic N) is 3. The van der Waals surface area contributed by atoms with E-state index in [2.05, 4.69) is 45.3 Å². The summed E-state index contributed by atoms with van der Waals surface area (Å²) in [6.07, 6.45) is 3.49. The minimum Gasteiger partial charge on any atom is -0.314 e. The van der Waals surface area contributed by atoms with Crippen molar-refractivity contribution in [3.8, 4) is 0 Å². The van der Waals surface area contributed by atoms with E-state index in [0.717, 1.165) is 37.2 Å². The summed E-state index contributed by atoms with van der Waals surface area (Å²) in [5, 5.41) is 3.39. The van der Waals surface area contributed by atoms with Crippen LogP contribution in [0.5, 0.6) is 0 Å². The molecular weight excluding hydrogens is 224 g/mol. The maximum atomic E-state index is 4.38. The molecule has 2 aromatic rings. The topological polar surface area (TPSA) is 41.1 Å². The second-order valence-corrected chi connectivity index (χ2v) is 4.77. The van der Waals surface area contributed by atoms with Gasteiger partial charge >= 0.3 is 0 Å². The molecule has 0 aliphatic carbocycles. The molecule has 2 heterocycles. The van der Waals surface area contributed by atoms with Crippen molar-refractivity contribution in [2.24, 2.45) is 0 Å². The molecule has 1 saturated heterocycles. The average Bonchev–Trinajstić information content (AvgIpc) is 2.47. The molecule has 0 radical (unpaired) electrons. The summed E-state index contributed by atoms with van der Waals surface area (Å²) in [6, 6.07) is 6.84. The Balaban J connectivity index is 1.88. The van der Waals surface area contributed by atoms with Gasteiger partial charge in [0.25, 0.3) is 0 Å². The number of benzene rings is 1. The quantitative estimate of drug-likeness (QED) is 0.868. The lowest BCUT2D eigenvalue weighted by molar-refractivity contribution is 0.185. The van der Waals surface area contributed by atoms with Gasteiger partial charge in [-0.2, -0.15) is 0 Å². The minimum atomic E-state index is 0.443. The first-order chi connectivity index (χ1) is 8.84. The molecule has 1 aromatic carbocycles. The lowest BCUT2D eigenvalue weighted by Crippen LogP contribution is -2.44. The summed E-state index contributed by atoms with van der Waals surface area (Å²) < 4.78 is 0. The van der Waals surface area contributed by atoms with E-state index >= 15 is 0 Å². The Hall–Kier alpha value is -1.52. The molecule has 94 valence electrons. The number of hydrogen-bond acceptors (Lipinski definition) is 4. The molecule has 1 atom stereocenters. The van der Waals surface area contributed by atoms with Crippen molar-refractivity contribution in [2.75, 3.05) is 26.2 Å². The van der Waals surface area contributed by atoms with E-state index in [1.807, 2.05) is 0 Å².